The van der Waals surface area contributed by atoms with E-state index in [1.165, 1.54) is 0 Å². The molecule has 6 nitrogen and oxygen atoms in total. The molecule has 0 radical (unpaired) electrons. The molecule has 6 heteroatoms. The van der Waals surface area contributed by atoms with Crippen molar-refractivity contribution in [3.63, 3.8) is 0 Å². The van der Waals surface area contributed by atoms with E-state index in [9.17, 15) is 4.79 Å². The van der Waals surface area contributed by atoms with Gasteiger partial charge in [-0.05, 0) is 39.1 Å². The molecule has 1 aromatic carbocycles. The van der Waals surface area contributed by atoms with E-state index >= 15 is 0 Å². The zero-order chi connectivity index (χ0) is 16.9. The average Bonchev–Trinajstić information content (AvgIpc) is 2.59. The van der Waals surface area contributed by atoms with Crippen molar-refractivity contribution in [2.75, 3.05) is 48.1 Å². The zero-order valence-electron chi connectivity index (χ0n) is 14.3. The number of benzene rings is 1. The number of nitrogens with zero attached hydrogens (tertiary/aromatic N) is 1. The molecule has 0 bridgehead atoms. The Labute approximate surface area is 137 Å². The summed E-state index contributed by atoms with van der Waals surface area (Å²) in [5.74, 6) is 1.07. The van der Waals surface area contributed by atoms with Gasteiger partial charge in [-0.3, -0.25) is 4.79 Å². The number of amides is 1. The molecule has 0 unspecified atom stereocenters. The van der Waals surface area contributed by atoms with Gasteiger partial charge in [0.05, 0.1) is 14.2 Å². The lowest BCUT2D eigenvalue weighted by molar-refractivity contribution is -0.00658. The smallest absolute Gasteiger partial charge is 0.251 e. The molecule has 1 aromatic rings. The first-order valence-corrected chi connectivity index (χ1v) is 7.77. The fourth-order valence-corrected chi connectivity index (χ4v) is 2.82. The van der Waals surface area contributed by atoms with Crippen LogP contribution in [0.5, 0.6) is 11.5 Å². The van der Waals surface area contributed by atoms with Gasteiger partial charge in [-0.2, -0.15) is 0 Å². The van der Waals surface area contributed by atoms with E-state index in [4.69, 9.17) is 14.2 Å². The van der Waals surface area contributed by atoms with Gasteiger partial charge in [0.1, 0.15) is 11.5 Å². The molecule has 23 heavy (non-hydrogen) atoms. The van der Waals surface area contributed by atoms with E-state index in [-0.39, 0.29) is 11.4 Å². The third-order valence-electron chi connectivity index (χ3n) is 4.56. The topological polar surface area (TPSA) is 60.0 Å². The summed E-state index contributed by atoms with van der Waals surface area (Å²) in [6, 6.07) is 5.17. The molecular formula is C17H26N2O4. The minimum atomic E-state index is -0.130. The Bertz CT molecular complexity index is 517. The monoisotopic (exact) mass is 322 g/mol. The molecule has 1 heterocycles. The van der Waals surface area contributed by atoms with Gasteiger partial charge < -0.3 is 24.4 Å². The number of carbonyl (C=O) groups excluding carboxylic acids is 1. The first kappa shape index (κ1) is 17.6. The van der Waals surface area contributed by atoms with Gasteiger partial charge in [-0.15, -0.1) is 0 Å². The van der Waals surface area contributed by atoms with Crippen molar-refractivity contribution in [2.24, 2.45) is 0 Å². The second kappa shape index (κ2) is 7.66. The van der Waals surface area contributed by atoms with Crippen LogP contribution in [0.15, 0.2) is 18.2 Å². The minimum absolute atomic E-state index is 0.0587. The van der Waals surface area contributed by atoms with Gasteiger partial charge in [0.25, 0.3) is 5.91 Å². The van der Waals surface area contributed by atoms with Gasteiger partial charge in [0.15, 0.2) is 0 Å². The molecule has 2 rings (SSSR count). The maximum Gasteiger partial charge on any atom is 0.251 e. The van der Waals surface area contributed by atoms with Crippen LogP contribution in [0, 0.1) is 0 Å². The van der Waals surface area contributed by atoms with Gasteiger partial charge in [0.2, 0.25) is 0 Å². The van der Waals surface area contributed by atoms with E-state index in [1.54, 1.807) is 32.4 Å². The van der Waals surface area contributed by atoms with E-state index < -0.39 is 0 Å². The van der Waals surface area contributed by atoms with Crippen molar-refractivity contribution < 1.29 is 19.0 Å². The fourth-order valence-electron chi connectivity index (χ4n) is 2.82. The summed E-state index contributed by atoms with van der Waals surface area (Å²) in [7, 11) is 7.23. The molecule has 1 aliphatic heterocycles. The number of nitrogens with one attached hydrogen (secondary N) is 1. The minimum Gasteiger partial charge on any atom is -0.497 e. The number of methoxy groups -OCH3 is 2. The van der Waals surface area contributed by atoms with Gasteiger partial charge in [-0.25, -0.2) is 0 Å². The summed E-state index contributed by atoms with van der Waals surface area (Å²) in [6.07, 6.45) is 1.81. The van der Waals surface area contributed by atoms with Crippen molar-refractivity contribution in [3.8, 4) is 11.5 Å². The first-order chi connectivity index (χ1) is 11.0. The summed E-state index contributed by atoms with van der Waals surface area (Å²) in [5, 5.41) is 3.05. The summed E-state index contributed by atoms with van der Waals surface area (Å²) in [6.45, 7) is 2.03. The number of carbonyl (C=O) groups is 1. The molecule has 1 fully saturated rings. The SMILES string of the molecule is COc1cc(OC)cc(C(=O)NCC2(N(C)C)CCOCC2)c1. The van der Waals surface area contributed by atoms with Crippen LogP contribution in [0.3, 0.4) is 0 Å². The normalized spacial score (nSPS) is 16.9. The Kier molecular flexibility index (Phi) is 5.85. The van der Waals surface area contributed by atoms with Crippen LogP contribution in [-0.2, 0) is 4.74 Å². The van der Waals surface area contributed by atoms with Crippen molar-refractivity contribution in [1.82, 2.24) is 10.2 Å². The van der Waals surface area contributed by atoms with Crippen molar-refractivity contribution in [1.29, 1.82) is 0 Å². The Morgan fingerprint density at radius 1 is 1.17 bits per heavy atom. The van der Waals surface area contributed by atoms with Crippen molar-refractivity contribution in [3.05, 3.63) is 23.8 Å². The maximum atomic E-state index is 12.5. The van der Waals surface area contributed by atoms with Crippen LogP contribution >= 0.6 is 0 Å². The standard InChI is InChI=1S/C17H26N2O4/c1-19(2)17(5-7-23-8-6-17)12-18-16(20)13-9-14(21-3)11-15(10-13)22-4/h9-11H,5-8,12H2,1-4H3,(H,18,20). The lowest BCUT2D eigenvalue weighted by atomic mass is 9.88. The highest BCUT2D eigenvalue weighted by atomic mass is 16.5. The van der Waals surface area contributed by atoms with Crippen molar-refractivity contribution >= 4 is 5.91 Å². The lowest BCUT2D eigenvalue weighted by Crippen LogP contribution is -2.55. The summed E-state index contributed by atoms with van der Waals surface area (Å²) >= 11 is 0. The van der Waals surface area contributed by atoms with E-state index in [1.807, 2.05) is 14.1 Å². The van der Waals surface area contributed by atoms with Crippen LogP contribution in [-0.4, -0.2) is 64.4 Å². The molecule has 0 aliphatic carbocycles. The Balaban J connectivity index is 2.09. The molecule has 0 aromatic heterocycles. The largest absolute Gasteiger partial charge is 0.497 e. The molecule has 1 saturated heterocycles. The summed E-state index contributed by atoms with van der Waals surface area (Å²) < 4.78 is 15.9. The molecule has 1 aliphatic rings. The highest BCUT2D eigenvalue weighted by Crippen LogP contribution is 2.26. The fraction of sp³-hybridized carbons (Fsp3) is 0.588. The third-order valence-corrected chi connectivity index (χ3v) is 4.56. The second-order valence-corrected chi connectivity index (χ2v) is 6.02. The van der Waals surface area contributed by atoms with Crippen LogP contribution < -0.4 is 14.8 Å². The van der Waals surface area contributed by atoms with Gasteiger partial charge in [-0.1, -0.05) is 0 Å². The quantitative estimate of drug-likeness (QED) is 0.861. The van der Waals surface area contributed by atoms with Crippen LogP contribution in [0.25, 0.3) is 0 Å². The molecule has 1 N–H and O–H groups in total. The van der Waals surface area contributed by atoms with Crippen molar-refractivity contribution in [2.45, 2.75) is 18.4 Å². The van der Waals surface area contributed by atoms with Crippen LogP contribution in [0.4, 0.5) is 0 Å². The molecule has 0 spiro atoms. The summed E-state index contributed by atoms with van der Waals surface area (Å²) in [5.41, 5.74) is 0.471. The van der Waals surface area contributed by atoms with E-state index in [0.717, 1.165) is 26.1 Å². The van der Waals surface area contributed by atoms with Crippen LogP contribution in [0.2, 0.25) is 0 Å². The maximum absolute atomic E-state index is 12.5. The highest BCUT2D eigenvalue weighted by Gasteiger charge is 2.35. The molecular weight excluding hydrogens is 296 g/mol. The molecule has 128 valence electrons. The lowest BCUT2D eigenvalue weighted by Gasteiger charge is -2.42. The zero-order valence-corrected chi connectivity index (χ0v) is 14.3. The van der Waals surface area contributed by atoms with E-state index in [0.29, 0.717) is 23.6 Å². The number of hydrogen-bond donors (Lipinski definition) is 1. The molecule has 0 saturated carbocycles. The number of ether oxygens (including phenoxy) is 3. The predicted molar refractivity (Wildman–Crippen MR) is 88.4 cm³/mol. The predicted octanol–water partition coefficient (Wildman–Crippen LogP) is 1.54. The molecule has 0 atom stereocenters. The molecule has 1 amide bonds. The number of rotatable bonds is 6. The third kappa shape index (κ3) is 4.14. The number of hydrogen-bond acceptors (Lipinski definition) is 5. The Hall–Kier alpha value is -1.79. The number of likely N-dealkylation sites (N-methyl/N-ethyl adjacent to an activating group) is 1. The average molecular weight is 322 g/mol. The van der Waals surface area contributed by atoms with Gasteiger partial charge in [0, 0.05) is 36.9 Å². The highest BCUT2D eigenvalue weighted by molar-refractivity contribution is 5.95. The first-order valence-electron chi connectivity index (χ1n) is 7.77. The van der Waals surface area contributed by atoms with E-state index in [2.05, 4.69) is 10.2 Å². The Morgan fingerprint density at radius 3 is 2.22 bits per heavy atom. The second-order valence-electron chi connectivity index (χ2n) is 6.02. The summed E-state index contributed by atoms with van der Waals surface area (Å²) in [4.78, 5) is 14.7. The van der Waals surface area contributed by atoms with Crippen LogP contribution in [0.1, 0.15) is 23.2 Å². The Morgan fingerprint density at radius 2 is 1.74 bits per heavy atom. The van der Waals surface area contributed by atoms with Gasteiger partial charge >= 0.3 is 0 Å².